The van der Waals surface area contributed by atoms with Crippen molar-refractivity contribution >= 4 is 17.5 Å². The molecule has 2 amide bonds. The third-order valence-electron chi connectivity index (χ3n) is 5.10. The minimum absolute atomic E-state index is 0.0714. The van der Waals surface area contributed by atoms with Crippen molar-refractivity contribution in [2.45, 2.75) is 40.0 Å². The first-order valence-corrected chi connectivity index (χ1v) is 8.62. The van der Waals surface area contributed by atoms with Crippen LogP contribution in [0.2, 0.25) is 0 Å². The molecule has 23 heavy (non-hydrogen) atoms. The van der Waals surface area contributed by atoms with Gasteiger partial charge in [0, 0.05) is 31.7 Å². The molecule has 4 heteroatoms. The molecule has 0 aliphatic carbocycles. The number of anilines is 1. The molecule has 2 aliphatic heterocycles. The van der Waals surface area contributed by atoms with E-state index in [0.717, 1.165) is 36.3 Å². The summed E-state index contributed by atoms with van der Waals surface area (Å²) in [6.45, 7) is 8.45. The SMILES string of the molecule is Cc1ccc(C)c(N2C[C@H](C(=O)N3CCC[C@@H](C)C3)CC2=O)c1. The number of hydrogen-bond donors (Lipinski definition) is 0. The third kappa shape index (κ3) is 3.26. The molecule has 124 valence electrons. The van der Waals surface area contributed by atoms with Crippen molar-refractivity contribution in [1.29, 1.82) is 0 Å². The molecule has 0 radical (unpaired) electrons. The second-order valence-electron chi connectivity index (χ2n) is 7.23. The van der Waals surface area contributed by atoms with Crippen molar-refractivity contribution in [1.82, 2.24) is 4.90 Å². The van der Waals surface area contributed by atoms with Crippen molar-refractivity contribution < 1.29 is 9.59 Å². The molecule has 2 heterocycles. The van der Waals surface area contributed by atoms with Gasteiger partial charge in [0.1, 0.15) is 0 Å². The van der Waals surface area contributed by atoms with Crippen LogP contribution >= 0.6 is 0 Å². The Balaban J connectivity index is 1.74. The molecule has 0 bridgehead atoms. The minimum atomic E-state index is -0.187. The Morgan fingerprint density at radius 2 is 2.00 bits per heavy atom. The van der Waals surface area contributed by atoms with Gasteiger partial charge >= 0.3 is 0 Å². The van der Waals surface area contributed by atoms with Gasteiger partial charge in [0.05, 0.1) is 5.92 Å². The summed E-state index contributed by atoms with van der Waals surface area (Å²) in [4.78, 5) is 29.0. The van der Waals surface area contributed by atoms with Gasteiger partial charge in [-0.15, -0.1) is 0 Å². The summed E-state index contributed by atoms with van der Waals surface area (Å²) in [7, 11) is 0. The summed E-state index contributed by atoms with van der Waals surface area (Å²) < 4.78 is 0. The molecular weight excluding hydrogens is 288 g/mol. The van der Waals surface area contributed by atoms with Crippen molar-refractivity contribution in [3.05, 3.63) is 29.3 Å². The Labute approximate surface area is 138 Å². The number of likely N-dealkylation sites (tertiary alicyclic amines) is 1. The highest BCUT2D eigenvalue weighted by Gasteiger charge is 2.38. The van der Waals surface area contributed by atoms with Gasteiger partial charge in [-0.25, -0.2) is 0 Å². The van der Waals surface area contributed by atoms with E-state index in [1.165, 1.54) is 6.42 Å². The van der Waals surface area contributed by atoms with Gasteiger partial charge in [-0.05, 0) is 49.8 Å². The lowest BCUT2D eigenvalue weighted by atomic mass is 9.98. The van der Waals surface area contributed by atoms with Crippen LogP contribution < -0.4 is 4.90 Å². The van der Waals surface area contributed by atoms with Crippen LogP contribution in [0.1, 0.15) is 37.3 Å². The molecule has 0 unspecified atom stereocenters. The first-order valence-electron chi connectivity index (χ1n) is 8.62. The van der Waals surface area contributed by atoms with E-state index in [1.807, 2.05) is 30.9 Å². The monoisotopic (exact) mass is 314 g/mol. The fraction of sp³-hybridized carbons (Fsp3) is 0.579. The third-order valence-corrected chi connectivity index (χ3v) is 5.10. The van der Waals surface area contributed by atoms with Crippen LogP contribution in [0.5, 0.6) is 0 Å². The van der Waals surface area contributed by atoms with Crippen LogP contribution in [0.25, 0.3) is 0 Å². The molecule has 2 atom stereocenters. The summed E-state index contributed by atoms with van der Waals surface area (Å²) >= 11 is 0. The summed E-state index contributed by atoms with van der Waals surface area (Å²) in [6.07, 6.45) is 2.62. The van der Waals surface area contributed by atoms with E-state index in [4.69, 9.17) is 0 Å². The normalized spacial score (nSPS) is 25.1. The molecular formula is C19H26N2O2. The highest BCUT2D eigenvalue weighted by molar-refractivity contribution is 6.00. The smallest absolute Gasteiger partial charge is 0.228 e. The molecule has 0 saturated carbocycles. The van der Waals surface area contributed by atoms with Gasteiger partial charge in [-0.3, -0.25) is 9.59 Å². The number of benzene rings is 1. The molecule has 1 aromatic rings. The number of aryl methyl sites for hydroxylation is 2. The number of rotatable bonds is 2. The number of piperidine rings is 1. The number of nitrogens with zero attached hydrogens (tertiary/aromatic N) is 2. The average Bonchev–Trinajstić information content (AvgIpc) is 2.90. The van der Waals surface area contributed by atoms with Crippen LogP contribution in [-0.2, 0) is 9.59 Å². The second kappa shape index (κ2) is 6.34. The Bertz CT molecular complexity index is 626. The summed E-state index contributed by atoms with van der Waals surface area (Å²) in [5, 5.41) is 0. The topological polar surface area (TPSA) is 40.6 Å². The van der Waals surface area contributed by atoms with E-state index in [-0.39, 0.29) is 17.7 Å². The number of amides is 2. The maximum absolute atomic E-state index is 12.8. The lowest BCUT2D eigenvalue weighted by Crippen LogP contribution is -2.43. The standard InChI is InChI=1S/C19H26N2O2/c1-13-6-7-15(3)17(9-13)21-12-16(10-18(21)22)19(23)20-8-4-5-14(2)11-20/h6-7,9,14,16H,4-5,8,10-12H2,1-3H3/t14-,16-/m1/s1. The molecule has 3 rings (SSSR count). The zero-order valence-corrected chi connectivity index (χ0v) is 14.3. The van der Waals surface area contributed by atoms with E-state index in [9.17, 15) is 9.59 Å². The summed E-state index contributed by atoms with van der Waals surface area (Å²) in [5.41, 5.74) is 3.18. The Morgan fingerprint density at radius 3 is 2.74 bits per heavy atom. The lowest BCUT2D eigenvalue weighted by molar-refractivity contribution is -0.137. The first kappa shape index (κ1) is 16.0. The fourth-order valence-electron chi connectivity index (χ4n) is 3.76. The highest BCUT2D eigenvalue weighted by atomic mass is 16.2. The van der Waals surface area contributed by atoms with Crippen molar-refractivity contribution in [3.63, 3.8) is 0 Å². The maximum Gasteiger partial charge on any atom is 0.228 e. The molecule has 1 aromatic carbocycles. The summed E-state index contributed by atoms with van der Waals surface area (Å²) in [5.74, 6) is 0.618. The minimum Gasteiger partial charge on any atom is -0.342 e. The predicted molar refractivity (Wildman–Crippen MR) is 91.4 cm³/mol. The van der Waals surface area contributed by atoms with E-state index >= 15 is 0 Å². The Kier molecular flexibility index (Phi) is 4.42. The first-order chi connectivity index (χ1) is 11.0. The Morgan fingerprint density at radius 1 is 1.22 bits per heavy atom. The number of carbonyl (C=O) groups is 2. The van der Waals surface area contributed by atoms with Crippen LogP contribution in [0, 0.1) is 25.7 Å². The van der Waals surface area contributed by atoms with Crippen molar-refractivity contribution in [3.8, 4) is 0 Å². The van der Waals surface area contributed by atoms with Gasteiger partial charge in [0.2, 0.25) is 11.8 Å². The molecule has 4 nitrogen and oxygen atoms in total. The molecule has 0 spiro atoms. The van der Waals surface area contributed by atoms with Crippen LogP contribution in [0.3, 0.4) is 0 Å². The summed E-state index contributed by atoms with van der Waals surface area (Å²) in [6, 6.07) is 6.14. The predicted octanol–water partition coefficient (Wildman–Crippen LogP) is 2.91. The molecule has 2 fully saturated rings. The molecule has 2 aliphatic rings. The van der Waals surface area contributed by atoms with Crippen LogP contribution in [0.15, 0.2) is 18.2 Å². The quantitative estimate of drug-likeness (QED) is 0.842. The van der Waals surface area contributed by atoms with E-state index in [2.05, 4.69) is 13.0 Å². The molecule has 0 aromatic heterocycles. The zero-order valence-electron chi connectivity index (χ0n) is 14.3. The molecule has 2 saturated heterocycles. The van der Waals surface area contributed by atoms with Gasteiger partial charge in [0.15, 0.2) is 0 Å². The van der Waals surface area contributed by atoms with Gasteiger partial charge < -0.3 is 9.80 Å². The van der Waals surface area contributed by atoms with Crippen molar-refractivity contribution in [2.24, 2.45) is 11.8 Å². The Hall–Kier alpha value is -1.84. The van der Waals surface area contributed by atoms with E-state index in [1.54, 1.807) is 4.90 Å². The van der Waals surface area contributed by atoms with Gasteiger partial charge in [-0.1, -0.05) is 19.1 Å². The highest BCUT2D eigenvalue weighted by Crippen LogP contribution is 2.30. The average molecular weight is 314 g/mol. The largest absolute Gasteiger partial charge is 0.342 e. The van der Waals surface area contributed by atoms with Crippen LogP contribution in [0.4, 0.5) is 5.69 Å². The zero-order chi connectivity index (χ0) is 16.6. The number of carbonyl (C=O) groups excluding carboxylic acids is 2. The number of hydrogen-bond acceptors (Lipinski definition) is 2. The van der Waals surface area contributed by atoms with E-state index in [0.29, 0.717) is 18.9 Å². The van der Waals surface area contributed by atoms with Crippen molar-refractivity contribution in [2.75, 3.05) is 24.5 Å². The van der Waals surface area contributed by atoms with Gasteiger partial charge in [0.25, 0.3) is 0 Å². The lowest BCUT2D eigenvalue weighted by Gasteiger charge is -2.32. The van der Waals surface area contributed by atoms with E-state index < -0.39 is 0 Å². The molecule has 0 N–H and O–H groups in total. The van der Waals surface area contributed by atoms with Crippen LogP contribution in [-0.4, -0.2) is 36.3 Å². The fourth-order valence-corrected chi connectivity index (χ4v) is 3.76. The van der Waals surface area contributed by atoms with Gasteiger partial charge in [-0.2, -0.15) is 0 Å². The second-order valence-corrected chi connectivity index (χ2v) is 7.23. The maximum atomic E-state index is 12.8.